The Balaban J connectivity index is 1.79. The zero-order valence-electron chi connectivity index (χ0n) is 33.1. The molecular weight excluding hydrogens is 712 g/mol. The maximum absolute atomic E-state index is 13.9. The van der Waals surface area contributed by atoms with Crippen molar-refractivity contribution in [2.45, 2.75) is 97.1 Å². The zero-order valence-corrected chi connectivity index (χ0v) is 33.1. The summed E-state index contributed by atoms with van der Waals surface area (Å²) in [7, 11) is 2.88. The van der Waals surface area contributed by atoms with Crippen LogP contribution < -0.4 is 16.4 Å². The fourth-order valence-corrected chi connectivity index (χ4v) is 6.82. The number of methoxy groups -OCH3 is 2. The van der Waals surface area contributed by atoms with Crippen molar-refractivity contribution in [2.75, 3.05) is 53.7 Å². The van der Waals surface area contributed by atoms with E-state index in [1.165, 1.54) is 33.3 Å². The molecule has 15 heteroatoms. The Hall–Kier alpha value is -4.15. The number of Topliss-reactive ketones (excluding diaryl/α,β-unsaturated/α-hetero) is 1. The number of ketones is 2. The van der Waals surface area contributed by atoms with E-state index < -0.39 is 60.0 Å². The summed E-state index contributed by atoms with van der Waals surface area (Å²) in [6.45, 7) is 11.5. The molecule has 0 aromatic rings. The Morgan fingerprint density at radius 2 is 1.73 bits per heavy atom. The Bertz CT molecular complexity index is 1510. The van der Waals surface area contributed by atoms with Crippen molar-refractivity contribution in [3.8, 4) is 0 Å². The van der Waals surface area contributed by atoms with Crippen molar-refractivity contribution >= 4 is 29.7 Å². The lowest BCUT2D eigenvalue weighted by Crippen LogP contribution is -2.38. The standard InChI is InChI=1S/C40H60N4O11/c1-25-21-29-34(43-40(50)54-18-11-9-7-8-10-15-44-16-19-53-20-17-44)31(45)24-30(36(29)47)42-38(48)26(2)13-12-14-32(51-5)37(55-39(41)49)28(4)23-27(3)35(46)33(22-25)52-6/h12-14,23-25,27,32-33,35,37,46H,7-11,15-22H2,1-6H3,(H2,41,49)(H,42,48)(H,43,50)/b14-12-,26-13+,28-23+/t25-,27+,32+,33+,35-,37+/m1/s1. The van der Waals surface area contributed by atoms with Gasteiger partial charge < -0.3 is 39.8 Å². The summed E-state index contributed by atoms with van der Waals surface area (Å²) >= 11 is 0. The predicted octanol–water partition coefficient (Wildman–Crippen LogP) is 3.77. The number of hydrogen-bond donors (Lipinski definition) is 4. The van der Waals surface area contributed by atoms with Gasteiger partial charge in [0, 0.05) is 50.4 Å². The minimum atomic E-state index is -1.04. The molecule has 2 aliphatic heterocycles. The second-order valence-corrected chi connectivity index (χ2v) is 14.4. The van der Waals surface area contributed by atoms with Crippen molar-refractivity contribution in [3.63, 3.8) is 0 Å². The van der Waals surface area contributed by atoms with Gasteiger partial charge in [0.25, 0.3) is 5.91 Å². The Morgan fingerprint density at radius 1 is 1.04 bits per heavy atom. The van der Waals surface area contributed by atoms with E-state index in [0.717, 1.165) is 64.6 Å². The Labute approximate surface area is 324 Å². The summed E-state index contributed by atoms with van der Waals surface area (Å²) < 4.78 is 27.4. The maximum Gasteiger partial charge on any atom is 0.411 e. The van der Waals surface area contributed by atoms with Gasteiger partial charge in [-0.25, -0.2) is 9.59 Å². The highest BCUT2D eigenvalue weighted by Crippen LogP contribution is 2.29. The number of aliphatic hydroxyl groups excluding tert-OH is 1. The smallest absolute Gasteiger partial charge is 0.411 e. The first-order chi connectivity index (χ1) is 26.2. The van der Waals surface area contributed by atoms with E-state index >= 15 is 0 Å². The Morgan fingerprint density at radius 3 is 2.40 bits per heavy atom. The van der Waals surface area contributed by atoms with Crippen LogP contribution in [-0.2, 0) is 38.1 Å². The highest BCUT2D eigenvalue weighted by molar-refractivity contribution is 6.24. The van der Waals surface area contributed by atoms with E-state index in [4.69, 9.17) is 29.4 Å². The van der Waals surface area contributed by atoms with Gasteiger partial charge in [-0.05, 0) is 57.6 Å². The average molecular weight is 773 g/mol. The number of nitrogens with one attached hydrogen (secondary N) is 2. The molecule has 3 amide bonds. The number of nitrogens with two attached hydrogens (primary N) is 1. The van der Waals surface area contributed by atoms with Crippen LogP contribution in [0.2, 0.25) is 0 Å². The third-order valence-electron chi connectivity index (χ3n) is 9.98. The summed E-state index contributed by atoms with van der Waals surface area (Å²) in [6, 6.07) is 0. The molecule has 1 fully saturated rings. The first-order valence-electron chi connectivity index (χ1n) is 19.1. The van der Waals surface area contributed by atoms with Crippen molar-refractivity contribution in [2.24, 2.45) is 17.6 Å². The third kappa shape index (κ3) is 14.5. The number of allylic oxidation sites excluding steroid dienone is 4. The van der Waals surface area contributed by atoms with Gasteiger partial charge in [-0.15, -0.1) is 0 Å². The highest BCUT2D eigenvalue weighted by atomic mass is 16.6. The van der Waals surface area contributed by atoms with E-state index in [-0.39, 0.29) is 47.9 Å². The largest absolute Gasteiger partial charge is 0.449 e. The molecule has 2 heterocycles. The van der Waals surface area contributed by atoms with Gasteiger partial charge in [-0.3, -0.25) is 24.6 Å². The van der Waals surface area contributed by atoms with Gasteiger partial charge in [-0.2, -0.15) is 0 Å². The first-order valence-corrected chi connectivity index (χ1v) is 19.1. The molecule has 0 aromatic heterocycles. The maximum atomic E-state index is 13.9. The molecule has 15 nitrogen and oxygen atoms in total. The SMILES string of the molecule is CO[C@H]1/C=C\C=C(/C)C(=O)NC2=CC(=O)C(NC(=O)OCCCCCCCN3CCOCC3)=C(C[C@@H](C)C[C@H](OC)[C@H](O)[C@@H](C)/C=C(\C)[C@@H]1OC(N)=O)C2=O. The lowest BCUT2D eigenvalue weighted by Gasteiger charge is -2.30. The van der Waals surface area contributed by atoms with Gasteiger partial charge in [-0.1, -0.05) is 57.4 Å². The van der Waals surface area contributed by atoms with Crippen LogP contribution in [-0.4, -0.2) is 118 Å². The average Bonchev–Trinajstić information content (AvgIpc) is 3.15. The number of alkyl carbamates (subject to hydrolysis) is 1. The minimum absolute atomic E-state index is 0.00512. The van der Waals surface area contributed by atoms with Gasteiger partial charge in [0.05, 0.1) is 43.4 Å². The van der Waals surface area contributed by atoms with Gasteiger partial charge in [0.1, 0.15) is 6.10 Å². The molecular formula is C40H60N4O11. The highest BCUT2D eigenvalue weighted by Gasteiger charge is 2.34. The van der Waals surface area contributed by atoms with E-state index in [1.54, 1.807) is 26.0 Å². The summed E-state index contributed by atoms with van der Waals surface area (Å²) in [5.41, 5.74) is 5.64. The van der Waals surface area contributed by atoms with Crippen LogP contribution in [0.3, 0.4) is 0 Å². The molecule has 6 atom stereocenters. The summed E-state index contributed by atoms with van der Waals surface area (Å²) in [4.78, 5) is 67.7. The quantitative estimate of drug-likeness (QED) is 0.127. The number of rotatable bonds is 12. The number of nitrogens with zero attached hydrogens (tertiary/aromatic N) is 1. The number of ether oxygens (including phenoxy) is 5. The number of aliphatic hydroxyl groups is 1. The van der Waals surface area contributed by atoms with E-state index in [9.17, 15) is 29.1 Å². The number of morpholine rings is 1. The van der Waals surface area contributed by atoms with E-state index in [0.29, 0.717) is 12.0 Å². The number of hydrogen-bond acceptors (Lipinski definition) is 12. The van der Waals surface area contributed by atoms with Crippen LogP contribution in [0, 0.1) is 11.8 Å². The number of primary amides is 1. The fourth-order valence-electron chi connectivity index (χ4n) is 6.82. The molecule has 1 aliphatic carbocycles. The molecule has 5 N–H and O–H groups in total. The lowest BCUT2D eigenvalue weighted by molar-refractivity contribution is -0.120. The molecule has 0 aromatic carbocycles. The zero-order chi connectivity index (χ0) is 40.5. The van der Waals surface area contributed by atoms with Crippen molar-refractivity contribution in [1.29, 1.82) is 0 Å². The van der Waals surface area contributed by atoms with Crippen LogP contribution in [0.1, 0.15) is 72.6 Å². The fraction of sp³-hybridized carbons (Fsp3) is 0.625. The van der Waals surface area contributed by atoms with E-state index in [2.05, 4.69) is 15.5 Å². The second-order valence-electron chi connectivity index (χ2n) is 14.4. The number of carbonyl (C=O) groups is 5. The number of carbonyl (C=O) groups excluding carboxylic acids is 5. The predicted molar refractivity (Wildman–Crippen MR) is 204 cm³/mol. The van der Waals surface area contributed by atoms with Gasteiger partial charge in [0.2, 0.25) is 11.6 Å². The molecule has 0 unspecified atom stereocenters. The molecule has 0 spiro atoms. The van der Waals surface area contributed by atoms with Crippen molar-refractivity contribution in [1.82, 2.24) is 15.5 Å². The molecule has 306 valence electrons. The Kier molecular flexibility index (Phi) is 19.0. The summed E-state index contributed by atoms with van der Waals surface area (Å²) in [6.07, 6.45) is 6.83. The number of unbranched alkanes of at least 4 members (excludes halogenated alkanes) is 4. The second kappa shape index (κ2) is 23.0. The summed E-state index contributed by atoms with van der Waals surface area (Å²) in [5, 5.41) is 16.4. The lowest BCUT2D eigenvalue weighted by atomic mass is 9.85. The molecule has 3 rings (SSSR count). The first kappa shape index (κ1) is 45.2. The van der Waals surface area contributed by atoms with Gasteiger partial charge in [0.15, 0.2) is 6.10 Å². The van der Waals surface area contributed by atoms with Crippen LogP contribution in [0.5, 0.6) is 0 Å². The third-order valence-corrected chi connectivity index (χ3v) is 9.98. The van der Waals surface area contributed by atoms with Crippen LogP contribution >= 0.6 is 0 Å². The van der Waals surface area contributed by atoms with Crippen LogP contribution in [0.4, 0.5) is 9.59 Å². The number of fused-ring (bicyclic) bond motifs is 2. The molecule has 0 radical (unpaired) electrons. The van der Waals surface area contributed by atoms with Crippen LogP contribution in [0.25, 0.3) is 0 Å². The van der Waals surface area contributed by atoms with Crippen LogP contribution in [0.15, 0.2) is 58.5 Å². The van der Waals surface area contributed by atoms with Gasteiger partial charge >= 0.3 is 12.2 Å². The normalized spacial score (nSPS) is 28.9. The van der Waals surface area contributed by atoms with E-state index in [1.807, 2.05) is 6.92 Å². The van der Waals surface area contributed by atoms with Crippen molar-refractivity contribution in [3.05, 3.63) is 58.5 Å². The molecule has 2 bridgehead atoms. The summed E-state index contributed by atoms with van der Waals surface area (Å²) in [5.74, 6) is -2.82. The van der Waals surface area contributed by atoms with Crippen molar-refractivity contribution < 1.29 is 52.8 Å². The molecule has 1 saturated heterocycles. The molecule has 0 saturated carbocycles. The monoisotopic (exact) mass is 772 g/mol. The number of amides is 3. The topological polar surface area (TPSA) is 205 Å². The molecule has 3 aliphatic rings. The minimum Gasteiger partial charge on any atom is -0.449 e. The molecule has 55 heavy (non-hydrogen) atoms.